The van der Waals surface area contributed by atoms with Gasteiger partial charge in [0.25, 0.3) is 0 Å². The predicted octanol–water partition coefficient (Wildman–Crippen LogP) is 1.82. The van der Waals surface area contributed by atoms with Crippen molar-refractivity contribution in [2.24, 2.45) is 4.99 Å². The molecule has 0 bridgehead atoms. The Morgan fingerprint density at radius 2 is 2.00 bits per heavy atom. The molecule has 22 heavy (non-hydrogen) atoms. The molecule has 1 aromatic carbocycles. The Bertz CT molecular complexity index is 563. The van der Waals surface area contributed by atoms with Gasteiger partial charge in [0, 0.05) is 39.1 Å². The van der Waals surface area contributed by atoms with Crippen molar-refractivity contribution in [2.45, 2.75) is 19.4 Å². The number of imidazole rings is 1. The van der Waals surface area contributed by atoms with Gasteiger partial charge in [-0.05, 0) is 30.5 Å². The zero-order chi connectivity index (χ0) is 15.6. The van der Waals surface area contributed by atoms with Crippen LogP contribution in [0.15, 0.2) is 48.0 Å². The minimum atomic E-state index is -0.202. The van der Waals surface area contributed by atoms with Crippen LogP contribution in [0.2, 0.25) is 0 Å². The molecule has 0 spiro atoms. The normalized spacial score (nSPS) is 11.5. The van der Waals surface area contributed by atoms with Gasteiger partial charge in [0.15, 0.2) is 5.96 Å². The summed E-state index contributed by atoms with van der Waals surface area (Å²) >= 11 is 0. The lowest BCUT2D eigenvalue weighted by Gasteiger charge is -2.12. The van der Waals surface area contributed by atoms with Crippen LogP contribution in [0.1, 0.15) is 12.0 Å². The number of benzene rings is 1. The fraction of sp³-hybridized carbons (Fsp3) is 0.375. The first-order chi connectivity index (χ1) is 10.8. The number of nitrogens with one attached hydrogen (secondary N) is 2. The Hall–Kier alpha value is -2.37. The molecule has 0 aliphatic rings. The summed E-state index contributed by atoms with van der Waals surface area (Å²) in [5.41, 5.74) is 1.10. The lowest BCUT2D eigenvalue weighted by atomic mass is 10.1. The Morgan fingerprint density at radius 3 is 2.68 bits per heavy atom. The molecule has 0 atom stereocenters. The maximum Gasteiger partial charge on any atom is 0.190 e. The van der Waals surface area contributed by atoms with Gasteiger partial charge >= 0.3 is 0 Å². The number of aliphatic imine (C=N–C) groups is 1. The Labute approximate surface area is 130 Å². The van der Waals surface area contributed by atoms with E-state index >= 15 is 0 Å². The van der Waals surface area contributed by atoms with E-state index in [0.29, 0.717) is 0 Å². The van der Waals surface area contributed by atoms with E-state index in [1.54, 1.807) is 25.4 Å². The molecule has 0 amide bonds. The number of guanidine groups is 1. The average Bonchev–Trinajstić information content (AvgIpc) is 3.05. The van der Waals surface area contributed by atoms with Crippen LogP contribution in [-0.4, -0.2) is 35.6 Å². The molecule has 0 aliphatic heterocycles. The zero-order valence-electron chi connectivity index (χ0n) is 12.8. The summed E-state index contributed by atoms with van der Waals surface area (Å²) in [4.78, 5) is 8.19. The zero-order valence-corrected chi connectivity index (χ0v) is 12.8. The van der Waals surface area contributed by atoms with Crippen molar-refractivity contribution in [3.63, 3.8) is 0 Å². The minimum Gasteiger partial charge on any atom is -0.356 e. The van der Waals surface area contributed by atoms with E-state index in [-0.39, 0.29) is 5.82 Å². The van der Waals surface area contributed by atoms with Crippen LogP contribution in [0.4, 0.5) is 4.39 Å². The Morgan fingerprint density at radius 1 is 1.23 bits per heavy atom. The molecule has 0 radical (unpaired) electrons. The number of rotatable bonds is 7. The Kier molecular flexibility index (Phi) is 6.41. The van der Waals surface area contributed by atoms with Gasteiger partial charge in [0.05, 0.1) is 6.33 Å². The van der Waals surface area contributed by atoms with E-state index in [0.717, 1.165) is 44.0 Å². The lowest BCUT2D eigenvalue weighted by molar-refractivity contribution is 0.623. The molecule has 0 fully saturated rings. The quantitative estimate of drug-likeness (QED) is 0.466. The highest BCUT2D eigenvalue weighted by molar-refractivity contribution is 5.79. The molecular weight excluding hydrogens is 281 g/mol. The number of aryl methyl sites for hydroxylation is 1. The molecule has 1 heterocycles. The Balaban J connectivity index is 1.61. The van der Waals surface area contributed by atoms with Gasteiger partial charge in [-0.2, -0.15) is 0 Å². The van der Waals surface area contributed by atoms with Gasteiger partial charge in [0.2, 0.25) is 0 Å². The molecule has 1 aromatic heterocycles. The summed E-state index contributed by atoms with van der Waals surface area (Å²) < 4.78 is 14.9. The molecule has 0 saturated carbocycles. The third kappa shape index (κ3) is 5.55. The smallest absolute Gasteiger partial charge is 0.190 e. The van der Waals surface area contributed by atoms with Crippen LogP contribution in [0.5, 0.6) is 0 Å². The number of nitrogens with zero attached hydrogens (tertiary/aromatic N) is 3. The second kappa shape index (κ2) is 8.81. The monoisotopic (exact) mass is 303 g/mol. The van der Waals surface area contributed by atoms with Crippen LogP contribution in [0.25, 0.3) is 0 Å². The van der Waals surface area contributed by atoms with Crippen LogP contribution in [-0.2, 0) is 13.0 Å². The molecule has 6 heteroatoms. The molecular formula is C16H22FN5. The predicted molar refractivity (Wildman–Crippen MR) is 86.3 cm³/mol. The second-order valence-corrected chi connectivity index (χ2v) is 4.96. The number of halogens is 1. The third-order valence-electron chi connectivity index (χ3n) is 3.29. The van der Waals surface area contributed by atoms with Gasteiger partial charge in [-0.3, -0.25) is 4.99 Å². The van der Waals surface area contributed by atoms with Gasteiger partial charge in [-0.25, -0.2) is 9.37 Å². The molecule has 0 saturated heterocycles. The first kappa shape index (κ1) is 16.0. The van der Waals surface area contributed by atoms with Gasteiger partial charge in [-0.1, -0.05) is 12.1 Å². The third-order valence-corrected chi connectivity index (χ3v) is 3.29. The summed E-state index contributed by atoms with van der Waals surface area (Å²) in [5.74, 6) is 0.583. The number of aromatic nitrogens is 2. The molecule has 0 unspecified atom stereocenters. The summed E-state index contributed by atoms with van der Waals surface area (Å²) in [7, 11) is 1.75. The van der Waals surface area contributed by atoms with Gasteiger partial charge in [0.1, 0.15) is 5.82 Å². The highest BCUT2D eigenvalue weighted by Crippen LogP contribution is 2.02. The summed E-state index contributed by atoms with van der Waals surface area (Å²) in [6.45, 7) is 2.53. The SMILES string of the molecule is CN=C(NCCCn1ccnc1)NCCc1ccc(F)cc1. The van der Waals surface area contributed by atoms with Crippen molar-refractivity contribution in [1.29, 1.82) is 0 Å². The average molecular weight is 303 g/mol. The number of hydrogen-bond acceptors (Lipinski definition) is 2. The van der Waals surface area contributed by atoms with E-state index in [2.05, 4.69) is 20.6 Å². The van der Waals surface area contributed by atoms with Crippen molar-refractivity contribution in [1.82, 2.24) is 20.2 Å². The van der Waals surface area contributed by atoms with E-state index in [4.69, 9.17) is 0 Å². The molecule has 2 rings (SSSR count). The van der Waals surface area contributed by atoms with Crippen molar-refractivity contribution in [3.8, 4) is 0 Å². The van der Waals surface area contributed by atoms with Crippen LogP contribution in [0, 0.1) is 5.82 Å². The maximum atomic E-state index is 12.8. The van der Waals surface area contributed by atoms with Crippen molar-refractivity contribution < 1.29 is 4.39 Å². The van der Waals surface area contributed by atoms with Crippen molar-refractivity contribution in [2.75, 3.05) is 20.1 Å². The fourth-order valence-electron chi connectivity index (χ4n) is 2.08. The molecule has 118 valence electrons. The highest BCUT2D eigenvalue weighted by atomic mass is 19.1. The maximum absolute atomic E-state index is 12.8. The minimum absolute atomic E-state index is 0.202. The second-order valence-electron chi connectivity index (χ2n) is 4.96. The molecule has 5 nitrogen and oxygen atoms in total. The standard InChI is InChI=1S/C16H22FN5/c1-18-16(20-8-2-11-22-12-10-19-13-22)21-9-7-14-3-5-15(17)6-4-14/h3-6,10,12-13H,2,7-9,11H2,1H3,(H2,18,20,21). The summed E-state index contributed by atoms with van der Waals surface area (Å²) in [6.07, 6.45) is 7.37. The first-order valence-electron chi connectivity index (χ1n) is 7.42. The number of hydrogen-bond donors (Lipinski definition) is 2. The van der Waals surface area contributed by atoms with E-state index in [9.17, 15) is 4.39 Å². The van der Waals surface area contributed by atoms with E-state index in [1.807, 2.05) is 17.1 Å². The topological polar surface area (TPSA) is 54.2 Å². The largest absolute Gasteiger partial charge is 0.356 e. The van der Waals surface area contributed by atoms with Crippen molar-refractivity contribution in [3.05, 3.63) is 54.4 Å². The highest BCUT2D eigenvalue weighted by Gasteiger charge is 1.98. The molecule has 2 N–H and O–H groups in total. The first-order valence-corrected chi connectivity index (χ1v) is 7.42. The van der Waals surface area contributed by atoms with Crippen LogP contribution in [0.3, 0.4) is 0 Å². The summed E-state index contributed by atoms with van der Waals surface area (Å²) in [5, 5.41) is 6.52. The summed E-state index contributed by atoms with van der Waals surface area (Å²) in [6, 6.07) is 6.58. The van der Waals surface area contributed by atoms with Crippen LogP contribution >= 0.6 is 0 Å². The van der Waals surface area contributed by atoms with Crippen LogP contribution < -0.4 is 10.6 Å². The van der Waals surface area contributed by atoms with Gasteiger partial charge < -0.3 is 15.2 Å². The van der Waals surface area contributed by atoms with Crippen molar-refractivity contribution >= 4 is 5.96 Å². The fourth-order valence-corrected chi connectivity index (χ4v) is 2.08. The lowest BCUT2D eigenvalue weighted by Crippen LogP contribution is -2.38. The molecule has 0 aliphatic carbocycles. The van der Waals surface area contributed by atoms with E-state index < -0.39 is 0 Å². The molecule has 2 aromatic rings. The van der Waals surface area contributed by atoms with Gasteiger partial charge in [-0.15, -0.1) is 0 Å². The van der Waals surface area contributed by atoms with E-state index in [1.165, 1.54) is 12.1 Å².